The van der Waals surface area contributed by atoms with Gasteiger partial charge < -0.3 is 10.6 Å². The summed E-state index contributed by atoms with van der Waals surface area (Å²) in [6.07, 6.45) is 4.00. The Balaban J connectivity index is 1.78. The lowest BCUT2D eigenvalue weighted by Crippen LogP contribution is -2.37. The monoisotopic (exact) mass is 286 g/mol. The molecule has 0 aliphatic carbocycles. The second-order valence-corrected chi connectivity index (χ2v) is 5.96. The van der Waals surface area contributed by atoms with Crippen LogP contribution in [0.2, 0.25) is 0 Å². The molecular formula is C17H26N4. The summed E-state index contributed by atoms with van der Waals surface area (Å²) in [7, 11) is 0. The molecule has 0 saturated carbocycles. The molecule has 2 N–H and O–H groups in total. The number of aromatic nitrogens is 2. The van der Waals surface area contributed by atoms with Gasteiger partial charge in [0.2, 0.25) is 0 Å². The van der Waals surface area contributed by atoms with Gasteiger partial charge in [-0.1, -0.05) is 32.0 Å². The molecule has 2 aromatic rings. The maximum absolute atomic E-state index is 4.41. The van der Waals surface area contributed by atoms with E-state index in [2.05, 4.69) is 54.8 Å². The molecule has 0 saturated heterocycles. The van der Waals surface area contributed by atoms with E-state index < -0.39 is 0 Å². The first-order valence-corrected chi connectivity index (χ1v) is 7.68. The molecule has 4 heteroatoms. The Morgan fingerprint density at radius 3 is 2.57 bits per heavy atom. The number of rotatable bonds is 8. The number of para-hydroxylation sites is 1. The van der Waals surface area contributed by atoms with Gasteiger partial charge in [-0.2, -0.15) is 5.10 Å². The molecule has 1 heterocycles. The van der Waals surface area contributed by atoms with Crippen LogP contribution in [0.1, 0.15) is 26.3 Å². The van der Waals surface area contributed by atoms with Gasteiger partial charge in [0.15, 0.2) is 0 Å². The first kappa shape index (κ1) is 15.7. The van der Waals surface area contributed by atoms with Crippen LogP contribution in [0.3, 0.4) is 0 Å². The molecule has 0 bridgehead atoms. The van der Waals surface area contributed by atoms with Crippen molar-refractivity contribution in [2.24, 2.45) is 5.92 Å². The zero-order valence-corrected chi connectivity index (χ0v) is 13.2. The fourth-order valence-electron chi connectivity index (χ4n) is 2.13. The standard InChI is InChI=1S/C17H26N4/c1-14(2)9-18-10-15(3)19-11-16-12-20-21(13-16)17-7-5-4-6-8-17/h4-8,12-15,18-19H,9-11H2,1-3H3. The zero-order valence-electron chi connectivity index (χ0n) is 13.2. The minimum absolute atomic E-state index is 0.448. The summed E-state index contributed by atoms with van der Waals surface area (Å²) in [5.41, 5.74) is 2.30. The van der Waals surface area contributed by atoms with E-state index in [-0.39, 0.29) is 0 Å². The molecule has 0 aliphatic rings. The normalized spacial score (nSPS) is 12.8. The molecule has 0 fully saturated rings. The molecule has 1 unspecified atom stereocenters. The summed E-state index contributed by atoms with van der Waals surface area (Å²) in [6.45, 7) is 9.56. The highest BCUT2D eigenvalue weighted by Crippen LogP contribution is 2.07. The van der Waals surface area contributed by atoms with Gasteiger partial charge in [0.25, 0.3) is 0 Å². The first-order valence-electron chi connectivity index (χ1n) is 7.68. The maximum atomic E-state index is 4.41. The third kappa shape index (κ3) is 5.33. The molecule has 0 amide bonds. The summed E-state index contributed by atoms with van der Waals surface area (Å²) >= 11 is 0. The summed E-state index contributed by atoms with van der Waals surface area (Å²) in [5.74, 6) is 0.696. The van der Waals surface area contributed by atoms with Gasteiger partial charge in [-0.05, 0) is 31.5 Å². The van der Waals surface area contributed by atoms with E-state index in [9.17, 15) is 0 Å². The Morgan fingerprint density at radius 2 is 1.86 bits per heavy atom. The maximum Gasteiger partial charge on any atom is 0.0645 e. The largest absolute Gasteiger partial charge is 0.315 e. The Bertz CT molecular complexity index is 519. The molecule has 0 radical (unpaired) electrons. The number of hydrogen-bond acceptors (Lipinski definition) is 3. The quantitative estimate of drug-likeness (QED) is 0.784. The predicted octanol–water partition coefficient (Wildman–Crippen LogP) is 2.60. The van der Waals surface area contributed by atoms with Gasteiger partial charge in [-0.25, -0.2) is 4.68 Å². The molecule has 0 spiro atoms. The molecule has 114 valence electrons. The van der Waals surface area contributed by atoms with Crippen molar-refractivity contribution in [1.82, 2.24) is 20.4 Å². The van der Waals surface area contributed by atoms with Crippen LogP contribution in [-0.4, -0.2) is 28.9 Å². The van der Waals surface area contributed by atoms with Crippen molar-refractivity contribution in [1.29, 1.82) is 0 Å². The highest BCUT2D eigenvalue weighted by atomic mass is 15.3. The van der Waals surface area contributed by atoms with Crippen LogP contribution in [-0.2, 0) is 6.54 Å². The smallest absolute Gasteiger partial charge is 0.0645 e. The van der Waals surface area contributed by atoms with E-state index in [1.54, 1.807) is 0 Å². The van der Waals surface area contributed by atoms with Crippen LogP contribution >= 0.6 is 0 Å². The minimum Gasteiger partial charge on any atom is -0.315 e. The zero-order chi connectivity index (χ0) is 15.1. The van der Waals surface area contributed by atoms with Gasteiger partial charge in [-0.15, -0.1) is 0 Å². The summed E-state index contributed by atoms with van der Waals surface area (Å²) in [4.78, 5) is 0. The van der Waals surface area contributed by atoms with E-state index >= 15 is 0 Å². The fraction of sp³-hybridized carbons (Fsp3) is 0.471. The lowest BCUT2D eigenvalue weighted by molar-refractivity contribution is 0.472. The highest BCUT2D eigenvalue weighted by Gasteiger charge is 2.04. The second-order valence-electron chi connectivity index (χ2n) is 5.96. The topological polar surface area (TPSA) is 41.9 Å². The lowest BCUT2D eigenvalue weighted by Gasteiger charge is -2.15. The van der Waals surface area contributed by atoms with Crippen LogP contribution in [0, 0.1) is 5.92 Å². The number of benzene rings is 1. The Labute approximate surface area is 127 Å². The van der Waals surface area contributed by atoms with E-state index in [0.717, 1.165) is 25.3 Å². The van der Waals surface area contributed by atoms with Gasteiger partial charge >= 0.3 is 0 Å². The third-order valence-electron chi connectivity index (χ3n) is 3.31. The van der Waals surface area contributed by atoms with Gasteiger partial charge in [0, 0.05) is 30.9 Å². The van der Waals surface area contributed by atoms with Crippen molar-refractivity contribution in [3.63, 3.8) is 0 Å². The molecule has 0 aliphatic heterocycles. The van der Waals surface area contributed by atoms with Gasteiger partial charge in [0.1, 0.15) is 0 Å². The van der Waals surface area contributed by atoms with Crippen LogP contribution in [0.25, 0.3) is 5.69 Å². The van der Waals surface area contributed by atoms with Gasteiger partial charge in [0.05, 0.1) is 11.9 Å². The third-order valence-corrected chi connectivity index (χ3v) is 3.31. The molecular weight excluding hydrogens is 260 g/mol. The Kier molecular flexibility index (Phi) is 5.96. The van der Waals surface area contributed by atoms with Crippen molar-refractivity contribution in [3.05, 3.63) is 48.3 Å². The molecule has 1 atom stereocenters. The predicted molar refractivity (Wildman–Crippen MR) is 87.6 cm³/mol. The summed E-state index contributed by atoms with van der Waals surface area (Å²) in [6, 6.07) is 10.6. The number of nitrogens with zero attached hydrogens (tertiary/aromatic N) is 2. The van der Waals surface area contributed by atoms with Crippen LogP contribution in [0.5, 0.6) is 0 Å². The number of nitrogens with one attached hydrogen (secondary N) is 2. The average Bonchev–Trinajstić information content (AvgIpc) is 2.94. The van der Waals surface area contributed by atoms with Crippen LogP contribution < -0.4 is 10.6 Å². The van der Waals surface area contributed by atoms with Crippen LogP contribution in [0.15, 0.2) is 42.7 Å². The van der Waals surface area contributed by atoms with E-state index in [1.807, 2.05) is 29.1 Å². The first-order chi connectivity index (χ1) is 10.1. The Hall–Kier alpha value is -1.65. The van der Waals surface area contributed by atoms with Crippen LogP contribution in [0.4, 0.5) is 0 Å². The number of hydrogen-bond donors (Lipinski definition) is 2. The minimum atomic E-state index is 0.448. The summed E-state index contributed by atoms with van der Waals surface area (Å²) in [5, 5.41) is 11.4. The molecule has 1 aromatic heterocycles. The Morgan fingerprint density at radius 1 is 1.10 bits per heavy atom. The SMILES string of the molecule is CC(C)CNCC(C)NCc1cnn(-c2ccccc2)c1. The van der Waals surface area contributed by atoms with E-state index in [0.29, 0.717) is 12.0 Å². The second kappa shape index (κ2) is 7.96. The molecule has 4 nitrogen and oxygen atoms in total. The van der Waals surface area contributed by atoms with Gasteiger partial charge in [-0.3, -0.25) is 0 Å². The summed E-state index contributed by atoms with van der Waals surface area (Å²) < 4.78 is 1.92. The van der Waals surface area contributed by atoms with Crippen molar-refractivity contribution >= 4 is 0 Å². The van der Waals surface area contributed by atoms with E-state index in [4.69, 9.17) is 0 Å². The lowest BCUT2D eigenvalue weighted by atomic mass is 10.2. The van der Waals surface area contributed by atoms with Crippen molar-refractivity contribution in [2.45, 2.75) is 33.4 Å². The molecule has 1 aromatic carbocycles. The van der Waals surface area contributed by atoms with E-state index in [1.165, 1.54) is 5.56 Å². The van der Waals surface area contributed by atoms with Crippen molar-refractivity contribution in [3.8, 4) is 5.69 Å². The fourth-order valence-corrected chi connectivity index (χ4v) is 2.13. The highest BCUT2D eigenvalue weighted by molar-refractivity contribution is 5.30. The molecule has 21 heavy (non-hydrogen) atoms. The van der Waals surface area contributed by atoms with Crippen molar-refractivity contribution < 1.29 is 0 Å². The molecule has 2 rings (SSSR count). The average molecular weight is 286 g/mol. The van der Waals surface area contributed by atoms with Crippen molar-refractivity contribution in [2.75, 3.05) is 13.1 Å².